The number of aromatic nitrogens is 1. The van der Waals surface area contributed by atoms with E-state index in [1.165, 1.54) is 19.6 Å². The lowest BCUT2D eigenvalue weighted by molar-refractivity contribution is 0.101. The van der Waals surface area contributed by atoms with Crippen molar-refractivity contribution >= 4 is 5.78 Å². The molecule has 0 bridgehead atoms. The molecule has 0 aliphatic heterocycles. The molecule has 16 heavy (non-hydrogen) atoms. The van der Waals surface area contributed by atoms with Crippen molar-refractivity contribution < 1.29 is 13.9 Å². The maximum absolute atomic E-state index is 12.0. The fourth-order valence-electron chi connectivity index (χ4n) is 1.39. The Bertz CT molecular complexity index is 516. The van der Waals surface area contributed by atoms with Crippen molar-refractivity contribution in [3.05, 3.63) is 47.7 Å². The molecule has 2 aromatic rings. The molecule has 0 aliphatic carbocycles. The molecule has 0 amide bonds. The van der Waals surface area contributed by atoms with E-state index in [0.29, 0.717) is 17.1 Å². The molecule has 2 heterocycles. The Hall–Kier alpha value is -2.10. The lowest BCUT2D eigenvalue weighted by atomic mass is 10.1. The molecule has 0 aliphatic rings. The molecule has 0 atom stereocenters. The SMILES string of the molecule is COc1cncc(C(=O)c2occc2C)c1. The Labute approximate surface area is 92.9 Å². The monoisotopic (exact) mass is 217 g/mol. The minimum Gasteiger partial charge on any atom is -0.495 e. The Kier molecular flexibility index (Phi) is 2.72. The average molecular weight is 217 g/mol. The number of hydrogen-bond acceptors (Lipinski definition) is 4. The van der Waals surface area contributed by atoms with Crippen molar-refractivity contribution in [2.24, 2.45) is 0 Å². The van der Waals surface area contributed by atoms with Gasteiger partial charge in [0.05, 0.1) is 19.6 Å². The molecule has 0 saturated heterocycles. The first-order valence-corrected chi connectivity index (χ1v) is 4.80. The van der Waals surface area contributed by atoms with Gasteiger partial charge in [-0.2, -0.15) is 0 Å². The second-order valence-corrected chi connectivity index (χ2v) is 3.38. The number of methoxy groups -OCH3 is 1. The quantitative estimate of drug-likeness (QED) is 0.740. The van der Waals surface area contributed by atoms with Crippen LogP contribution in [-0.4, -0.2) is 17.9 Å². The predicted octanol–water partition coefficient (Wildman–Crippen LogP) is 2.22. The minimum absolute atomic E-state index is 0.186. The largest absolute Gasteiger partial charge is 0.495 e. The molecule has 2 rings (SSSR count). The number of carbonyl (C=O) groups excluding carboxylic acids is 1. The lowest BCUT2D eigenvalue weighted by Gasteiger charge is -2.01. The van der Waals surface area contributed by atoms with Crippen molar-refractivity contribution in [1.29, 1.82) is 0 Å². The van der Waals surface area contributed by atoms with Gasteiger partial charge in [-0.15, -0.1) is 0 Å². The van der Waals surface area contributed by atoms with Gasteiger partial charge in [0.2, 0.25) is 5.78 Å². The maximum atomic E-state index is 12.0. The minimum atomic E-state index is -0.186. The zero-order valence-electron chi connectivity index (χ0n) is 9.06. The number of ketones is 1. The van der Waals surface area contributed by atoms with Crippen LogP contribution in [-0.2, 0) is 0 Å². The molecule has 4 heteroatoms. The van der Waals surface area contributed by atoms with Gasteiger partial charge in [-0.05, 0) is 24.6 Å². The van der Waals surface area contributed by atoms with E-state index in [1.54, 1.807) is 18.3 Å². The normalized spacial score (nSPS) is 10.1. The first kappa shape index (κ1) is 10.4. The average Bonchev–Trinajstić information content (AvgIpc) is 2.74. The summed E-state index contributed by atoms with van der Waals surface area (Å²) in [6.07, 6.45) is 4.54. The second kappa shape index (κ2) is 4.18. The molecule has 0 aromatic carbocycles. The van der Waals surface area contributed by atoms with Crippen LogP contribution < -0.4 is 4.74 Å². The molecular weight excluding hydrogens is 206 g/mol. The van der Waals surface area contributed by atoms with Crippen LogP contribution in [0.4, 0.5) is 0 Å². The molecular formula is C12H11NO3. The van der Waals surface area contributed by atoms with E-state index in [9.17, 15) is 4.79 Å². The number of nitrogens with zero attached hydrogens (tertiary/aromatic N) is 1. The summed E-state index contributed by atoms with van der Waals surface area (Å²) in [5.74, 6) is 0.707. The van der Waals surface area contributed by atoms with Crippen LogP contribution in [0.15, 0.2) is 35.2 Å². The van der Waals surface area contributed by atoms with Crippen LogP contribution in [0.25, 0.3) is 0 Å². The molecule has 0 fully saturated rings. The number of rotatable bonds is 3. The molecule has 82 valence electrons. The summed E-state index contributed by atoms with van der Waals surface area (Å²) in [7, 11) is 1.53. The molecule has 0 saturated carbocycles. The van der Waals surface area contributed by atoms with Gasteiger partial charge in [-0.3, -0.25) is 9.78 Å². The van der Waals surface area contributed by atoms with Crippen LogP contribution in [0.5, 0.6) is 5.75 Å². The number of carbonyl (C=O) groups is 1. The zero-order chi connectivity index (χ0) is 11.5. The third kappa shape index (κ3) is 1.82. The van der Waals surface area contributed by atoms with Crippen molar-refractivity contribution in [1.82, 2.24) is 4.98 Å². The third-order valence-electron chi connectivity index (χ3n) is 2.28. The Morgan fingerprint density at radius 2 is 2.25 bits per heavy atom. The van der Waals surface area contributed by atoms with Crippen molar-refractivity contribution in [3.63, 3.8) is 0 Å². The smallest absolute Gasteiger partial charge is 0.230 e. The fourth-order valence-corrected chi connectivity index (χ4v) is 1.39. The van der Waals surface area contributed by atoms with E-state index in [1.807, 2.05) is 6.92 Å². The summed E-state index contributed by atoms with van der Waals surface area (Å²) in [4.78, 5) is 15.9. The molecule has 0 spiro atoms. The van der Waals surface area contributed by atoms with Crippen molar-refractivity contribution in [3.8, 4) is 5.75 Å². The summed E-state index contributed by atoms with van der Waals surface area (Å²) >= 11 is 0. The van der Waals surface area contributed by atoms with Crippen LogP contribution >= 0.6 is 0 Å². The molecule has 0 unspecified atom stereocenters. The van der Waals surface area contributed by atoms with Gasteiger partial charge < -0.3 is 9.15 Å². The van der Waals surface area contributed by atoms with Gasteiger partial charge in [0.25, 0.3) is 0 Å². The van der Waals surface area contributed by atoms with Crippen molar-refractivity contribution in [2.45, 2.75) is 6.92 Å². The van der Waals surface area contributed by atoms with Gasteiger partial charge >= 0.3 is 0 Å². The Balaban J connectivity index is 2.38. The number of ether oxygens (including phenoxy) is 1. The highest BCUT2D eigenvalue weighted by molar-refractivity contribution is 6.07. The fraction of sp³-hybridized carbons (Fsp3) is 0.167. The van der Waals surface area contributed by atoms with Gasteiger partial charge in [0, 0.05) is 11.8 Å². The van der Waals surface area contributed by atoms with Gasteiger partial charge in [0.1, 0.15) is 5.75 Å². The van der Waals surface area contributed by atoms with Crippen LogP contribution in [0.2, 0.25) is 0 Å². The summed E-state index contributed by atoms with van der Waals surface area (Å²) in [5.41, 5.74) is 1.27. The Morgan fingerprint density at radius 1 is 1.44 bits per heavy atom. The van der Waals surface area contributed by atoms with Crippen LogP contribution in [0.1, 0.15) is 21.7 Å². The summed E-state index contributed by atoms with van der Waals surface area (Å²) in [6, 6.07) is 3.39. The lowest BCUT2D eigenvalue weighted by Crippen LogP contribution is -2.02. The standard InChI is InChI=1S/C12H11NO3/c1-8-3-4-16-12(8)11(14)9-5-10(15-2)7-13-6-9/h3-7H,1-2H3. The van der Waals surface area contributed by atoms with Gasteiger partial charge in [-0.1, -0.05) is 0 Å². The third-order valence-corrected chi connectivity index (χ3v) is 2.28. The zero-order valence-corrected chi connectivity index (χ0v) is 9.06. The molecule has 2 aromatic heterocycles. The number of hydrogen-bond donors (Lipinski definition) is 0. The Morgan fingerprint density at radius 3 is 2.88 bits per heavy atom. The molecule has 0 radical (unpaired) electrons. The van der Waals surface area contributed by atoms with E-state index in [0.717, 1.165) is 5.56 Å². The number of pyridine rings is 1. The van der Waals surface area contributed by atoms with E-state index in [2.05, 4.69) is 4.98 Å². The van der Waals surface area contributed by atoms with Gasteiger partial charge in [0.15, 0.2) is 5.76 Å². The molecule has 0 N–H and O–H groups in total. The van der Waals surface area contributed by atoms with E-state index in [-0.39, 0.29) is 5.78 Å². The van der Waals surface area contributed by atoms with Crippen LogP contribution in [0, 0.1) is 6.92 Å². The van der Waals surface area contributed by atoms with Crippen LogP contribution in [0.3, 0.4) is 0 Å². The highest BCUT2D eigenvalue weighted by Gasteiger charge is 2.15. The first-order valence-electron chi connectivity index (χ1n) is 4.80. The summed E-state index contributed by atoms with van der Waals surface area (Å²) in [5, 5.41) is 0. The van der Waals surface area contributed by atoms with Gasteiger partial charge in [-0.25, -0.2) is 0 Å². The highest BCUT2D eigenvalue weighted by atomic mass is 16.5. The number of furan rings is 1. The second-order valence-electron chi connectivity index (χ2n) is 3.38. The predicted molar refractivity (Wildman–Crippen MR) is 57.7 cm³/mol. The summed E-state index contributed by atoms with van der Waals surface area (Å²) in [6.45, 7) is 1.82. The van der Waals surface area contributed by atoms with E-state index < -0.39 is 0 Å². The number of aryl methyl sites for hydroxylation is 1. The highest BCUT2D eigenvalue weighted by Crippen LogP contribution is 2.17. The summed E-state index contributed by atoms with van der Waals surface area (Å²) < 4.78 is 10.1. The van der Waals surface area contributed by atoms with E-state index >= 15 is 0 Å². The first-order chi connectivity index (χ1) is 7.72. The molecule has 4 nitrogen and oxygen atoms in total. The maximum Gasteiger partial charge on any atom is 0.230 e. The van der Waals surface area contributed by atoms with E-state index in [4.69, 9.17) is 9.15 Å². The topological polar surface area (TPSA) is 52.3 Å². The van der Waals surface area contributed by atoms with Crippen molar-refractivity contribution in [2.75, 3.05) is 7.11 Å².